The summed E-state index contributed by atoms with van der Waals surface area (Å²) in [4.78, 5) is 0. The minimum absolute atomic E-state index is 0.122. The Morgan fingerprint density at radius 1 is 1.47 bits per heavy atom. The highest BCUT2D eigenvalue weighted by Crippen LogP contribution is 2.31. The summed E-state index contributed by atoms with van der Waals surface area (Å²) in [6.07, 6.45) is 12.9. The third kappa shape index (κ3) is 2.32. The van der Waals surface area contributed by atoms with E-state index in [2.05, 4.69) is 30.5 Å². The Morgan fingerprint density at radius 2 is 2.33 bits per heavy atom. The molecule has 1 aliphatic carbocycles. The first kappa shape index (κ1) is 10.9. The van der Waals surface area contributed by atoms with Crippen LogP contribution in [0.15, 0.2) is 24.3 Å². The number of hydrogen-bond acceptors (Lipinski definition) is 2. The van der Waals surface area contributed by atoms with Gasteiger partial charge in [0.25, 0.3) is 0 Å². The fraction of sp³-hybridized carbons (Fsp3) is 0.692. The molecule has 3 unspecified atom stereocenters. The molecule has 0 saturated heterocycles. The van der Waals surface area contributed by atoms with Crippen LogP contribution in [-0.2, 0) is 0 Å². The van der Waals surface area contributed by atoms with Crippen molar-refractivity contribution in [1.29, 1.82) is 0 Å². The Labute approximate surface area is 92.1 Å². The first-order chi connectivity index (χ1) is 7.24. The molecule has 15 heavy (non-hydrogen) atoms. The van der Waals surface area contributed by atoms with Crippen molar-refractivity contribution >= 4 is 0 Å². The zero-order valence-corrected chi connectivity index (χ0v) is 9.45. The van der Waals surface area contributed by atoms with Crippen LogP contribution in [0.25, 0.3) is 0 Å². The fourth-order valence-corrected chi connectivity index (χ4v) is 2.58. The second-order valence-electron chi connectivity index (χ2n) is 4.75. The van der Waals surface area contributed by atoms with Gasteiger partial charge in [0.05, 0.1) is 6.04 Å². The van der Waals surface area contributed by atoms with E-state index in [1.807, 2.05) is 6.08 Å². The average Bonchev–Trinajstić information content (AvgIpc) is 2.76. The van der Waals surface area contributed by atoms with Gasteiger partial charge in [-0.2, -0.15) is 0 Å². The Kier molecular flexibility index (Phi) is 3.27. The molecular weight excluding hydrogens is 186 g/mol. The van der Waals surface area contributed by atoms with E-state index in [1.54, 1.807) is 0 Å². The molecule has 0 amide bonds. The largest absolute Gasteiger partial charge is 0.384 e. The van der Waals surface area contributed by atoms with Gasteiger partial charge in [-0.25, -0.2) is 0 Å². The summed E-state index contributed by atoms with van der Waals surface area (Å²) >= 11 is 0. The Morgan fingerprint density at radius 3 is 2.87 bits per heavy atom. The predicted octanol–water partition coefficient (Wildman–Crippen LogP) is 2.01. The first-order valence-electron chi connectivity index (χ1n) is 6.06. The fourth-order valence-electron chi connectivity index (χ4n) is 2.58. The maximum absolute atomic E-state index is 10.5. The van der Waals surface area contributed by atoms with Crippen LogP contribution in [-0.4, -0.2) is 23.3 Å². The van der Waals surface area contributed by atoms with Gasteiger partial charge < -0.3 is 10.4 Å². The highest BCUT2D eigenvalue weighted by Gasteiger charge is 2.36. The molecule has 2 nitrogen and oxygen atoms in total. The zero-order chi connectivity index (χ0) is 10.7. The van der Waals surface area contributed by atoms with Crippen molar-refractivity contribution in [1.82, 2.24) is 5.32 Å². The van der Waals surface area contributed by atoms with Gasteiger partial charge in [-0.05, 0) is 25.2 Å². The highest BCUT2D eigenvalue weighted by atomic mass is 16.3. The van der Waals surface area contributed by atoms with Crippen molar-refractivity contribution in [2.45, 2.75) is 44.2 Å². The van der Waals surface area contributed by atoms with Gasteiger partial charge in [0, 0.05) is 6.54 Å². The number of allylic oxidation sites excluding steroid dienone is 1. The van der Waals surface area contributed by atoms with E-state index in [1.165, 1.54) is 12.8 Å². The molecule has 2 heteroatoms. The zero-order valence-electron chi connectivity index (χ0n) is 9.45. The maximum atomic E-state index is 10.5. The number of hydrogen-bond donors (Lipinski definition) is 2. The van der Waals surface area contributed by atoms with Crippen molar-refractivity contribution in [3.05, 3.63) is 24.3 Å². The topological polar surface area (TPSA) is 32.3 Å². The van der Waals surface area contributed by atoms with E-state index in [4.69, 9.17) is 0 Å². The summed E-state index contributed by atoms with van der Waals surface area (Å²) in [6, 6.07) is 0.122. The van der Waals surface area contributed by atoms with Gasteiger partial charge in [0.1, 0.15) is 5.60 Å². The molecular formula is C13H21NO. The van der Waals surface area contributed by atoms with E-state index >= 15 is 0 Å². The summed E-state index contributed by atoms with van der Waals surface area (Å²) in [5.41, 5.74) is -0.642. The van der Waals surface area contributed by atoms with Crippen LogP contribution in [0.5, 0.6) is 0 Å². The summed E-state index contributed by atoms with van der Waals surface area (Å²) in [5.74, 6) is 0.681. The quantitative estimate of drug-likeness (QED) is 0.694. The molecule has 0 fully saturated rings. The molecule has 2 aliphatic rings. The standard InChI is InChI=1S/C13H21NO/c1-2-4-11-6-8-13(15,9-7-11)12-5-3-10-14-12/h3,5-6,8,11-12,14-15H,2,4,7,9-10H2,1H3. The van der Waals surface area contributed by atoms with Crippen molar-refractivity contribution in [3.63, 3.8) is 0 Å². The SMILES string of the molecule is CCCC1C=CC(O)(C2C=CCN2)CC1. The van der Waals surface area contributed by atoms with E-state index < -0.39 is 5.60 Å². The average molecular weight is 207 g/mol. The van der Waals surface area contributed by atoms with Gasteiger partial charge in [-0.15, -0.1) is 0 Å². The van der Waals surface area contributed by atoms with Gasteiger partial charge in [-0.1, -0.05) is 37.6 Å². The van der Waals surface area contributed by atoms with Gasteiger partial charge in [0.2, 0.25) is 0 Å². The lowest BCUT2D eigenvalue weighted by Gasteiger charge is -2.35. The minimum Gasteiger partial charge on any atom is -0.384 e. The van der Waals surface area contributed by atoms with Crippen molar-refractivity contribution in [2.75, 3.05) is 6.54 Å². The lowest BCUT2D eigenvalue weighted by Crippen LogP contribution is -2.47. The monoisotopic (exact) mass is 207 g/mol. The van der Waals surface area contributed by atoms with Crippen LogP contribution in [0.1, 0.15) is 32.6 Å². The molecule has 0 bridgehead atoms. The van der Waals surface area contributed by atoms with Crippen molar-refractivity contribution in [2.24, 2.45) is 5.92 Å². The molecule has 3 atom stereocenters. The molecule has 0 spiro atoms. The molecule has 0 saturated carbocycles. The van der Waals surface area contributed by atoms with Crippen LogP contribution >= 0.6 is 0 Å². The first-order valence-corrected chi connectivity index (χ1v) is 6.06. The van der Waals surface area contributed by atoms with Crippen LogP contribution < -0.4 is 5.32 Å². The summed E-state index contributed by atoms with van der Waals surface area (Å²) < 4.78 is 0. The van der Waals surface area contributed by atoms with E-state index in [-0.39, 0.29) is 6.04 Å². The molecule has 0 aromatic rings. The van der Waals surface area contributed by atoms with Crippen LogP contribution in [0.2, 0.25) is 0 Å². The maximum Gasteiger partial charge on any atom is 0.102 e. The Bertz CT molecular complexity index is 272. The molecule has 0 radical (unpaired) electrons. The van der Waals surface area contributed by atoms with E-state index in [0.29, 0.717) is 5.92 Å². The molecule has 1 heterocycles. The summed E-state index contributed by atoms with van der Waals surface area (Å²) in [7, 11) is 0. The second-order valence-corrected chi connectivity index (χ2v) is 4.75. The molecule has 2 rings (SSSR count). The molecule has 2 N–H and O–H groups in total. The van der Waals surface area contributed by atoms with Crippen LogP contribution in [0.4, 0.5) is 0 Å². The van der Waals surface area contributed by atoms with Crippen molar-refractivity contribution < 1.29 is 5.11 Å². The van der Waals surface area contributed by atoms with Crippen LogP contribution in [0, 0.1) is 5.92 Å². The van der Waals surface area contributed by atoms with Gasteiger partial charge in [-0.3, -0.25) is 0 Å². The number of rotatable bonds is 3. The van der Waals surface area contributed by atoms with Gasteiger partial charge in [0.15, 0.2) is 0 Å². The molecule has 84 valence electrons. The third-order valence-corrected chi connectivity index (χ3v) is 3.55. The molecule has 0 aromatic heterocycles. The Hall–Kier alpha value is -0.600. The highest BCUT2D eigenvalue weighted by molar-refractivity contribution is 5.20. The molecule has 0 aromatic carbocycles. The molecule has 1 aliphatic heterocycles. The smallest absolute Gasteiger partial charge is 0.102 e. The number of aliphatic hydroxyl groups is 1. The summed E-state index contributed by atoms with van der Waals surface area (Å²) in [6.45, 7) is 3.11. The summed E-state index contributed by atoms with van der Waals surface area (Å²) in [5, 5.41) is 13.8. The third-order valence-electron chi connectivity index (χ3n) is 3.55. The van der Waals surface area contributed by atoms with E-state index in [0.717, 1.165) is 19.4 Å². The van der Waals surface area contributed by atoms with Crippen molar-refractivity contribution in [3.8, 4) is 0 Å². The van der Waals surface area contributed by atoms with Crippen LogP contribution in [0.3, 0.4) is 0 Å². The normalized spacial score (nSPS) is 39.9. The predicted molar refractivity (Wildman–Crippen MR) is 62.7 cm³/mol. The lowest BCUT2D eigenvalue weighted by molar-refractivity contribution is 0.0475. The Balaban J connectivity index is 2.00. The number of nitrogens with one attached hydrogen (secondary N) is 1. The minimum atomic E-state index is -0.642. The second kappa shape index (κ2) is 4.50. The lowest BCUT2D eigenvalue weighted by atomic mass is 9.79. The van der Waals surface area contributed by atoms with E-state index in [9.17, 15) is 5.11 Å². The van der Waals surface area contributed by atoms with Gasteiger partial charge >= 0.3 is 0 Å².